The molecule has 0 aliphatic heterocycles. The number of halogens is 2. The largest absolute Gasteiger partial charge is 0.349 e. The van der Waals surface area contributed by atoms with Gasteiger partial charge in [-0.15, -0.1) is 11.6 Å². The van der Waals surface area contributed by atoms with Crippen LogP contribution in [0.3, 0.4) is 0 Å². The molecule has 1 aliphatic carbocycles. The third-order valence-corrected chi connectivity index (χ3v) is 3.76. The van der Waals surface area contributed by atoms with E-state index in [-0.39, 0.29) is 23.7 Å². The average Bonchev–Trinajstić information content (AvgIpc) is 2.27. The van der Waals surface area contributed by atoms with Gasteiger partial charge in [0, 0.05) is 5.88 Å². The lowest BCUT2D eigenvalue weighted by Crippen LogP contribution is -2.55. The lowest BCUT2D eigenvalue weighted by atomic mass is 9.78. The van der Waals surface area contributed by atoms with Crippen LogP contribution in [0.25, 0.3) is 0 Å². The predicted octanol–water partition coefficient (Wildman–Crippen LogP) is 2.65. The summed E-state index contributed by atoms with van der Waals surface area (Å²) in [5, 5.41) is 2.98. The number of carbonyl (C=O) groups is 1. The van der Waals surface area contributed by atoms with Gasteiger partial charge in [0.05, 0.1) is 12.0 Å². The van der Waals surface area contributed by atoms with E-state index < -0.39 is 0 Å². The fourth-order valence-corrected chi connectivity index (χ4v) is 2.36. The number of hydrogen-bond donors (Lipinski definition) is 1. The summed E-state index contributed by atoms with van der Waals surface area (Å²) in [5.41, 5.74) is 0.617. The number of carbonyl (C=O) groups excluding carboxylic acids is 1. The van der Waals surface area contributed by atoms with E-state index in [4.69, 9.17) is 11.6 Å². The monoisotopic (exact) mass is 255 g/mol. The van der Waals surface area contributed by atoms with Crippen molar-refractivity contribution in [1.82, 2.24) is 5.32 Å². The Balaban J connectivity index is 1.91. The van der Waals surface area contributed by atoms with Gasteiger partial charge in [0.25, 0.3) is 0 Å². The Morgan fingerprint density at radius 1 is 1.35 bits per heavy atom. The van der Waals surface area contributed by atoms with Crippen LogP contribution in [-0.4, -0.2) is 17.3 Å². The molecule has 1 aromatic rings. The number of nitrogens with one attached hydrogen (secondary N) is 1. The van der Waals surface area contributed by atoms with Crippen molar-refractivity contribution < 1.29 is 9.18 Å². The molecule has 0 saturated heterocycles. The average molecular weight is 256 g/mol. The molecule has 1 fully saturated rings. The second-order valence-electron chi connectivity index (χ2n) is 4.62. The second kappa shape index (κ2) is 5.05. The molecular formula is C13H15ClFNO. The number of rotatable bonds is 4. The van der Waals surface area contributed by atoms with Crippen molar-refractivity contribution in [2.45, 2.75) is 31.2 Å². The van der Waals surface area contributed by atoms with E-state index in [1.807, 2.05) is 0 Å². The van der Waals surface area contributed by atoms with Crippen LogP contribution in [0.15, 0.2) is 24.3 Å². The van der Waals surface area contributed by atoms with Gasteiger partial charge in [0.1, 0.15) is 5.82 Å². The summed E-state index contributed by atoms with van der Waals surface area (Å²) >= 11 is 5.86. The van der Waals surface area contributed by atoms with Crippen LogP contribution in [0.5, 0.6) is 0 Å². The van der Waals surface area contributed by atoms with Gasteiger partial charge in [-0.05, 0) is 37.0 Å². The van der Waals surface area contributed by atoms with Crippen molar-refractivity contribution in [1.29, 1.82) is 0 Å². The molecule has 2 rings (SSSR count). The Morgan fingerprint density at radius 2 is 2.00 bits per heavy atom. The molecule has 1 aromatic carbocycles. The fourth-order valence-electron chi connectivity index (χ4n) is 2.02. The molecule has 0 spiro atoms. The van der Waals surface area contributed by atoms with Gasteiger partial charge >= 0.3 is 0 Å². The van der Waals surface area contributed by atoms with E-state index in [0.29, 0.717) is 5.88 Å². The van der Waals surface area contributed by atoms with E-state index in [0.717, 1.165) is 24.8 Å². The van der Waals surface area contributed by atoms with Gasteiger partial charge in [-0.1, -0.05) is 12.1 Å². The minimum atomic E-state index is -0.287. The standard InChI is InChI=1S/C13H15ClFNO/c14-9-13(6-1-7-13)16-12(17)8-10-2-4-11(15)5-3-10/h2-5H,1,6-9H2,(H,16,17). The first-order valence-electron chi connectivity index (χ1n) is 5.75. The van der Waals surface area contributed by atoms with Gasteiger partial charge in [-0.2, -0.15) is 0 Å². The molecule has 1 saturated carbocycles. The first kappa shape index (κ1) is 12.4. The summed E-state index contributed by atoms with van der Waals surface area (Å²) in [6.07, 6.45) is 3.29. The minimum absolute atomic E-state index is 0.0445. The van der Waals surface area contributed by atoms with E-state index in [2.05, 4.69) is 5.32 Å². The summed E-state index contributed by atoms with van der Waals surface area (Å²) in [4.78, 5) is 11.8. The Bertz CT molecular complexity index is 395. The molecule has 0 aromatic heterocycles. The fraction of sp³-hybridized carbons (Fsp3) is 0.462. The molecule has 0 heterocycles. The SMILES string of the molecule is O=C(Cc1ccc(F)cc1)NC1(CCl)CCC1. The van der Waals surface area contributed by atoms with Gasteiger partial charge in [-0.25, -0.2) is 4.39 Å². The topological polar surface area (TPSA) is 29.1 Å². The molecule has 2 nitrogen and oxygen atoms in total. The maximum Gasteiger partial charge on any atom is 0.224 e. The number of alkyl halides is 1. The van der Waals surface area contributed by atoms with Crippen LogP contribution < -0.4 is 5.32 Å². The second-order valence-corrected chi connectivity index (χ2v) is 4.89. The van der Waals surface area contributed by atoms with Gasteiger partial charge in [0.2, 0.25) is 5.91 Å². The molecule has 1 aliphatic rings. The van der Waals surface area contributed by atoms with Crippen LogP contribution in [0.1, 0.15) is 24.8 Å². The van der Waals surface area contributed by atoms with Crippen LogP contribution in [0.2, 0.25) is 0 Å². The molecule has 0 atom stereocenters. The Labute approximate surface area is 105 Å². The van der Waals surface area contributed by atoms with Crippen molar-refractivity contribution in [3.05, 3.63) is 35.6 Å². The molecule has 17 heavy (non-hydrogen) atoms. The summed E-state index contributed by atoms with van der Waals surface area (Å²) < 4.78 is 12.7. The van der Waals surface area contributed by atoms with Gasteiger partial charge in [-0.3, -0.25) is 4.79 Å². The maximum absolute atomic E-state index is 12.7. The van der Waals surface area contributed by atoms with Crippen LogP contribution in [0.4, 0.5) is 4.39 Å². The molecule has 0 radical (unpaired) electrons. The summed E-state index contributed by atoms with van der Waals surface area (Å²) in [6.45, 7) is 0. The summed E-state index contributed by atoms with van der Waals surface area (Å²) in [6, 6.07) is 5.98. The van der Waals surface area contributed by atoms with Crippen molar-refractivity contribution in [2.75, 3.05) is 5.88 Å². The van der Waals surface area contributed by atoms with Crippen LogP contribution in [0, 0.1) is 5.82 Å². The third kappa shape index (κ3) is 2.97. The van der Waals surface area contributed by atoms with E-state index >= 15 is 0 Å². The van der Waals surface area contributed by atoms with Crippen LogP contribution >= 0.6 is 11.6 Å². The summed E-state index contributed by atoms with van der Waals surface area (Å²) in [7, 11) is 0. The summed E-state index contributed by atoms with van der Waals surface area (Å²) in [5.74, 6) is 0.129. The lowest BCUT2D eigenvalue weighted by Gasteiger charge is -2.41. The van der Waals surface area contributed by atoms with E-state index in [1.54, 1.807) is 12.1 Å². The first-order chi connectivity index (χ1) is 8.13. The Kier molecular flexibility index (Phi) is 3.67. The number of amides is 1. The zero-order valence-electron chi connectivity index (χ0n) is 9.51. The van der Waals surface area contributed by atoms with Crippen molar-refractivity contribution in [3.63, 3.8) is 0 Å². The third-order valence-electron chi connectivity index (χ3n) is 3.25. The normalized spacial score (nSPS) is 17.3. The van der Waals surface area contributed by atoms with E-state index in [1.165, 1.54) is 12.1 Å². The molecule has 1 amide bonds. The molecule has 0 bridgehead atoms. The van der Waals surface area contributed by atoms with Crippen molar-refractivity contribution in [2.24, 2.45) is 0 Å². The van der Waals surface area contributed by atoms with E-state index in [9.17, 15) is 9.18 Å². The molecule has 92 valence electrons. The molecular weight excluding hydrogens is 241 g/mol. The molecule has 0 unspecified atom stereocenters. The van der Waals surface area contributed by atoms with Crippen molar-refractivity contribution in [3.8, 4) is 0 Å². The predicted molar refractivity (Wildman–Crippen MR) is 65.5 cm³/mol. The highest BCUT2D eigenvalue weighted by Gasteiger charge is 2.37. The quantitative estimate of drug-likeness (QED) is 0.824. The highest BCUT2D eigenvalue weighted by Crippen LogP contribution is 2.32. The number of hydrogen-bond acceptors (Lipinski definition) is 1. The smallest absolute Gasteiger partial charge is 0.224 e. The van der Waals surface area contributed by atoms with Crippen molar-refractivity contribution >= 4 is 17.5 Å². The maximum atomic E-state index is 12.7. The van der Waals surface area contributed by atoms with Gasteiger partial charge < -0.3 is 5.32 Å². The number of benzene rings is 1. The first-order valence-corrected chi connectivity index (χ1v) is 6.28. The minimum Gasteiger partial charge on any atom is -0.349 e. The molecule has 4 heteroatoms. The zero-order valence-corrected chi connectivity index (χ0v) is 10.3. The van der Waals surface area contributed by atoms with Crippen LogP contribution in [-0.2, 0) is 11.2 Å². The molecule has 1 N–H and O–H groups in total. The highest BCUT2D eigenvalue weighted by atomic mass is 35.5. The zero-order chi connectivity index (χ0) is 12.3. The highest BCUT2D eigenvalue weighted by molar-refractivity contribution is 6.18. The Morgan fingerprint density at radius 3 is 2.47 bits per heavy atom. The Hall–Kier alpha value is -1.09. The lowest BCUT2D eigenvalue weighted by molar-refractivity contribution is -0.123. The van der Waals surface area contributed by atoms with Gasteiger partial charge in [0.15, 0.2) is 0 Å².